The number of amides is 1. The van der Waals surface area contributed by atoms with E-state index in [1.54, 1.807) is 0 Å². The molecule has 0 bridgehead atoms. The highest BCUT2D eigenvalue weighted by atomic mass is 19.4. The van der Waals surface area contributed by atoms with E-state index >= 15 is 0 Å². The molecule has 0 spiro atoms. The lowest BCUT2D eigenvalue weighted by Gasteiger charge is -2.14. The summed E-state index contributed by atoms with van der Waals surface area (Å²) >= 11 is 0. The van der Waals surface area contributed by atoms with Gasteiger partial charge in [0.2, 0.25) is 0 Å². The number of hydrogen-bond acceptors (Lipinski definition) is 2. The molecule has 1 unspecified atom stereocenters. The summed E-state index contributed by atoms with van der Waals surface area (Å²) in [6.45, 7) is 1.35. The summed E-state index contributed by atoms with van der Waals surface area (Å²) in [5.74, 6) is -0.670. The molecule has 0 radical (unpaired) electrons. The molecule has 1 heterocycles. The van der Waals surface area contributed by atoms with Crippen LogP contribution in [0.25, 0.3) is 0 Å². The van der Waals surface area contributed by atoms with Crippen LogP contribution < -0.4 is 10.6 Å². The zero-order chi connectivity index (χ0) is 14.6. The Kier molecular flexibility index (Phi) is 4.65. The standard InChI is InChI=1S/C14H17F3N2O/c15-14(16,17)12-6-2-1-5-11(12)13(20)19-9-7-10-4-3-8-18-10/h1-2,5-6,10,18H,3-4,7-9H2,(H,19,20). The van der Waals surface area contributed by atoms with Gasteiger partial charge in [-0.2, -0.15) is 13.2 Å². The van der Waals surface area contributed by atoms with E-state index in [2.05, 4.69) is 10.6 Å². The molecule has 1 aliphatic heterocycles. The lowest BCUT2D eigenvalue weighted by atomic mass is 10.1. The number of alkyl halides is 3. The highest BCUT2D eigenvalue weighted by molar-refractivity contribution is 5.95. The van der Waals surface area contributed by atoms with Crippen molar-refractivity contribution >= 4 is 5.91 Å². The van der Waals surface area contributed by atoms with Crippen LogP contribution >= 0.6 is 0 Å². The minimum atomic E-state index is -4.51. The average Bonchev–Trinajstić information content (AvgIpc) is 2.91. The van der Waals surface area contributed by atoms with Gasteiger partial charge in [-0.25, -0.2) is 0 Å². The lowest BCUT2D eigenvalue weighted by Crippen LogP contribution is -2.31. The van der Waals surface area contributed by atoms with E-state index in [0.717, 1.165) is 31.9 Å². The van der Waals surface area contributed by atoms with Gasteiger partial charge in [-0.15, -0.1) is 0 Å². The van der Waals surface area contributed by atoms with Gasteiger partial charge in [0.1, 0.15) is 0 Å². The summed E-state index contributed by atoms with van der Waals surface area (Å²) in [6.07, 6.45) is -1.62. The fraction of sp³-hybridized carbons (Fsp3) is 0.500. The van der Waals surface area contributed by atoms with E-state index in [0.29, 0.717) is 12.6 Å². The van der Waals surface area contributed by atoms with E-state index in [-0.39, 0.29) is 5.56 Å². The number of rotatable bonds is 4. The second kappa shape index (κ2) is 6.26. The van der Waals surface area contributed by atoms with Crippen molar-refractivity contribution in [1.82, 2.24) is 10.6 Å². The molecule has 2 N–H and O–H groups in total. The SMILES string of the molecule is O=C(NCCC1CCCN1)c1ccccc1C(F)(F)F. The highest BCUT2D eigenvalue weighted by Gasteiger charge is 2.34. The van der Waals surface area contributed by atoms with Gasteiger partial charge in [0.25, 0.3) is 5.91 Å². The van der Waals surface area contributed by atoms with Crippen molar-refractivity contribution in [2.75, 3.05) is 13.1 Å². The maximum absolute atomic E-state index is 12.8. The third-order valence-corrected chi connectivity index (χ3v) is 3.42. The number of carbonyl (C=O) groups is 1. The van der Waals surface area contributed by atoms with Crippen molar-refractivity contribution < 1.29 is 18.0 Å². The molecule has 1 aromatic carbocycles. The number of benzene rings is 1. The van der Waals surface area contributed by atoms with Gasteiger partial charge in [0, 0.05) is 12.6 Å². The summed E-state index contributed by atoms with van der Waals surface area (Å²) in [4.78, 5) is 11.9. The van der Waals surface area contributed by atoms with Gasteiger partial charge in [-0.3, -0.25) is 4.79 Å². The highest BCUT2D eigenvalue weighted by Crippen LogP contribution is 2.31. The molecule has 0 aliphatic carbocycles. The van der Waals surface area contributed by atoms with Gasteiger partial charge in [-0.05, 0) is 37.9 Å². The number of nitrogens with one attached hydrogen (secondary N) is 2. The predicted molar refractivity (Wildman–Crippen MR) is 69.4 cm³/mol. The number of carbonyl (C=O) groups excluding carboxylic acids is 1. The van der Waals surface area contributed by atoms with Gasteiger partial charge < -0.3 is 10.6 Å². The summed E-state index contributed by atoms with van der Waals surface area (Å²) in [5.41, 5.74) is -1.21. The van der Waals surface area contributed by atoms with Crippen LogP contribution in [0.1, 0.15) is 35.2 Å². The Balaban J connectivity index is 1.95. The van der Waals surface area contributed by atoms with E-state index < -0.39 is 17.6 Å². The van der Waals surface area contributed by atoms with Crippen molar-refractivity contribution in [3.05, 3.63) is 35.4 Å². The van der Waals surface area contributed by atoms with Crippen LogP contribution in [0.3, 0.4) is 0 Å². The van der Waals surface area contributed by atoms with Gasteiger partial charge in [0.15, 0.2) is 0 Å². The third-order valence-electron chi connectivity index (χ3n) is 3.42. The summed E-state index contributed by atoms with van der Waals surface area (Å²) in [5, 5.41) is 5.83. The quantitative estimate of drug-likeness (QED) is 0.893. The second-order valence-electron chi connectivity index (χ2n) is 4.88. The first-order chi connectivity index (χ1) is 9.48. The molecular formula is C14H17F3N2O. The minimum absolute atomic E-state index is 0.320. The normalized spacial score (nSPS) is 19.1. The van der Waals surface area contributed by atoms with Gasteiger partial charge in [0.05, 0.1) is 11.1 Å². The first-order valence-corrected chi connectivity index (χ1v) is 6.66. The molecule has 2 rings (SSSR count). The largest absolute Gasteiger partial charge is 0.417 e. The van der Waals surface area contributed by atoms with Crippen LogP contribution in [0.5, 0.6) is 0 Å². The minimum Gasteiger partial charge on any atom is -0.352 e. The van der Waals surface area contributed by atoms with Crippen LogP contribution in [0.15, 0.2) is 24.3 Å². The van der Waals surface area contributed by atoms with Crippen molar-refractivity contribution in [3.63, 3.8) is 0 Å². The monoisotopic (exact) mass is 286 g/mol. The maximum atomic E-state index is 12.8. The number of halogens is 3. The van der Waals surface area contributed by atoms with E-state index in [1.807, 2.05) is 0 Å². The van der Waals surface area contributed by atoms with Crippen LogP contribution in [0.4, 0.5) is 13.2 Å². The topological polar surface area (TPSA) is 41.1 Å². The predicted octanol–water partition coefficient (Wildman–Crippen LogP) is 2.58. The van der Waals surface area contributed by atoms with E-state index in [1.165, 1.54) is 18.2 Å². The fourth-order valence-corrected chi connectivity index (χ4v) is 2.39. The van der Waals surface area contributed by atoms with Crippen molar-refractivity contribution in [2.24, 2.45) is 0 Å². The molecule has 1 atom stereocenters. The Morgan fingerprint density at radius 1 is 1.35 bits per heavy atom. The maximum Gasteiger partial charge on any atom is 0.417 e. The van der Waals surface area contributed by atoms with E-state index in [9.17, 15) is 18.0 Å². The Labute approximate surface area is 115 Å². The van der Waals surface area contributed by atoms with E-state index in [4.69, 9.17) is 0 Å². The van der Waals surface area contributed by atoms with Crippen molar-refractivity contribution in [1.29, 1.82) is 0 Å². The zero-order valence-corrected chi connectivity index (χ0v) is 11.0. The Morgan fingerprint density at radius 2 is 2.10 bits per heavy atom. The molecular weight excluding hydrogens is 269 g/mol. The van der Waals surface area contributed by atoms with Crippen LogP contribution in [-0.4, -0.2) is 25.0 Å². The summed E-state index contributed by atoms with van der Waals surface area (Å²) in [6, 6.07) is 5.19. The second-order valence-corrected chi connectivity index (χ2v) is 4.88. The average molecular weight is 286 g/mol. The van der Waals surface area contributed by atoms with Crippen LogP contribution in [0, 0.1) is 0 Å². The lowest BCUT2D eigenvalue weighted by molar-refractivity contribution is -0.137. The van der Waals surface area contributed by atoms with Gasteiger partial charge in [-0.1, -0.05) is 12.1 Å². The van der Waals surface area contributed by atoms with Gasteiger partial charge >= 0.3 is 6.18 Å². The molecule has 6 heteroatoms. The summed E-state index contributed by atoms with van der Waals surface area (Å²) in [7, 11) is 0. The van der Waals surface area contributed by atoms with Crippen LogP contribution in [0.2, 0.25) is 0 Å². The molecule has 20 heavy (non-hydrogen) atoms. The molecule has 3 nitrogen and oxygen atoms in total. The summed E-state index contributed by atoms with van der Waals surface area (Å²) < 4.78 is 38.4. The Bertz CT molecular complexity index is 468. The smallest absolute Gasteiger partial charge is 0.352 e. The molecule has 1 amide bonds. The zero-order valence-electron chi connectivity index (χ0n) is 11.0. The molecule has 1 fully saturated rings. The molecule has 0 saturated carbocycles. The van der Waals surface area contributed by atoms with Crippen LogP contribution in [-0.2, 0) is 6.18 Å². The molecule has 0 aromatic heterocycles. The first kappa shape index (κ1) is 14.8. The Morgan fingerprint density at radius 3 is 2.75 bits per heavy atom. The Hall–Kier alpha value is -1.56. The van der Waals surface area contributed by atoms with Crippen molar-refractivity contribution in [2.45, 2.75) is 31.5 Å². The van der Waals surface area contributed by atoms with Crippen molar-refractivity contribution in [3.8, 4) is 0 Å². The number of hydrogen-bond donors (Lipinski definition) is 2. The molecule has 110 valence electrons. The molecule has 1 aromatic rings. The third kappa shape index (κ3) is 3.72. The molecule has 1 aliphatic rings. The molecule has 1 saturated heterocycles. The first-order valence-electron chi connectivity index (χ1n) is 6.66. The fourth-order valence-electron chi connectivity index (χ4n) is 2.39.